The van der Waals surface area contributed by atoms with Crippen LogP contribution in [0, 0.1) is 0 Å². The lowest BCUT2D eigenvalue weighted by Gasteiger charge is -2.08. The van der Waals surface area contributed by atoms with E-state index in [-0.39, 0.29) is 5.91 Å². The fraction of sp³-hybridized carbons (Fsp3) is 0.333. The molecule has 48 heavy (non-hydrogen) atoms. The van der Waals surface area contributed by atoms with Gasteiger partial charge in [0.1, 0.15) is 11.3 Å². The molecule has 0 radical (unpaired) electrons. The third kappa shape index (κ3) is 9.74. The molecule has 9 heteroatoms. The number of carbonyl (C=O) groups excluding carboxylic acids is 1. The number of H-pyrrole nitrogens is 1. The molecule has 3 aromatic heterocycles. The predicted octanol–water partition coefficient (Wildman–Crippen LogP) is 6.14. The number of nitrogens with zero attached hydrogens (tertiary/aromatic N) is 1. The Balaban J connectivity index is 0.739. The fourth-order valence-electron chi connectivity index (χ4n) is 5.75. The van der Waals surface area contributed by atoms with Crippen LogP contribution in [0.2, 0.25) is 0 Å². The molecule has 3 aromatic carbocycles. The highest BCUT2D eigenvalue weighted by Crippen LogP contribution is 2.26. The maximum absolute atomic E-state index is 12.3. The minimum absolute atomic E-state index is 0.0183. The molecule has 6 rings (SSSR count). The van der Waals surface area contributed by atoms with Crippen molar-refractivity contribution in [3.05, 3.63) is 114 Å². The molecular weight excluding hydrogens is 604 g/mol. The largest absolute Gasteiger partial charge is 0.461 e. The molecule has 0 atom stereocenters. The first kappa shape index (κ1) is 33.4. The van der Waals surface area contributed by atoms with Gasteiger partial charge in [0.15, 0.2) is 0 Å². The van der Waals surface area contributed by atoms with Gasteiger partial charge in [-0.2, -0.15) is 0 Å². The number of carbonyl (C=O) groups is 1. The van der Waals surface area contributed by atoms with Crippen LogP contribution >= 0.6 is 0 Å². The summed E-state index contributed by atoms with van der Waals surface area (Å²) in [6, 6.07) is 27.3. The normalized spacial score (nSPS) is 11.6. The van der Waals surface area contributed by atoms with Gasteiger partial charge in [0.2, 0.25) is 5.91 Å². The molecule has 0 saturated carbocycles. The first-order valence-corrected chi connectivity index (χ1v) is 16.8. The van der Waals surface area contributed by atoms with E-state index in [0.29, 0.717) is 59.0 Å². The van der Waals surface area contributed by atoms with Crippen LogP contribution in [0.4, 0.5) is 0 Å². The van der Waals surface area contributed by atoms with Gasteiger partial charge in [-0.25, -0.2) is 0 Å². The highest BCUT2D eigenvalue weighted by atomic mass is 16.5. The number of hydrogen-bond donors (Lipinski definition) is 3. The third-order valence-corrected chi connectivity index (χ3v) is 8.31. The van der Waals surface area contributed by atoms with Gasteiger partial charge < -0.3 is 34.2 Å². The summed E-state index contributed by atoms with van der Waals surface area (Å²) in [4.78, 5) is 19.9. The van der Waals surface area contributed by atoms with Gasteiger partial charge >= 0.3 is 0 Å². The van der Waals surface area contributed by atoms with Gasteiger partial charge in [0.05, 0.1) is 39.6 Å². The maximum Gasteiger partial charge on any atom is 0.220 e. The molecule has 0 saturated heterocycles. The number of aryl methyl sites for hydroxylation is 3. The van der Waals surface area contributed by atoms with Crippen LogP contribution in [0.15, 0.2) is 95.7 Å². The minimum Gasteiger partial charge on any atom is -0.461 e. The summed E-state index contributed by atoms with van der Waals surface area (Å²) in [6.07, 6.45) is 6.64. The van der Waals surface area contributed by atoms with Gasteiger partial charge in [-0.1, -0.05) is 54.6 Å². The minimum atomic E-state index is 0.0183. The molecule has 0 unspecified atom stereocenters. The number of aromatic amines is 1. The van der Waals surface area contributed by atoms with Crippen LogP contribution in [0.1, 0.15) is 28.9 Å². The summed E-state index contributed by atoms with van der Waals surface area (Å²) in [6.45, 7) is 5.08. The number of amides is 1. The van der Waals surface area contributed by atoms with Crippen molar-refractivity contribution in [2.24, 2.45) is 0 Å². The number of rotatable bonds is 20. The van der Waals surface area contributed by atoms with Crippen LogP contribution < -0.4 is 10.6 Å². The molecule has 6 aromatic rings. The number of aromatic nitrogens is 2. The fourth-order valence-corrected chi connectivity index (χ4v) is 5.75. The van der Waals surface area contributed by atoms with Gasteiger partial charge in [0.25, 0.3) is 0 Å². The Bertz CT molecular complexity index is 1880. The van der Waals surface area contributed by atoms with Gasteiger partial charge in [0, 0.05) is 72.1 Å². The molecule has 3 N–H and O–H groups in total. The Morgan fingerprint density at radius 3 is 2.35 bits per heavy atom. The predicted molar refractivity (Wildman–Crippen MR) is 189 cm³/mol. The maximum atomic E-state index is 12.3. The molecule has 1 amide bonds. The van der Waals surface area contributed by atoms with Crippen molar-refractivity contribution in [2.75, 3.05) is 52.7 Å². The first-order valence-electron chi connectivity index (χ1n) is 16.8. The summed E-state index contributed by atoms with van der Waals surface area (Å²) < 4.78 is 22.9. The molecule has 0 aliphatic heterocycles. The Morgan fingerprint density at radius 1 is 0.708 bits per heavy atom. The van der Waals surface area contributed by atoms with E-state index in [1.807, 2.05) is 18.3 Å². The summed E-state index contributed by atoms with van der Waals surface area (Å²) in [5.74, 6) is 1.04. The highest BCUT2D eigenvalue weighted by Gasteiger charge is 2.08. The Kier molecular flexibility index (Phi) is 12.2. The Hall–Kier alpha value is -4.54. The lowest BCUT2D eigenvalue weighted by molar-refractivity contribution is -0.121. The lowest BCUT2D eigenvalue weighted by atomic mass is 10.1. The lowest BCUT2D eigenvalue weighted by Crippen LogP contribution is -2.27. The van der Waals surface area contributed by atoms with Crippen LogP contribution in [-0.2, 0) is 44.8 Å². The van der Waals surface area contributed by atoms with Crippen molar-refractivity contribution in [1.29, 1.82) is 0 Å². The second-order valence-electron chi connectivity index (χ2n) is 11.9. The average Bonchev–Trinajstić information content (AvgIpc) is 3.70. The van der Waals surface area contributed by atoms with Gasteiger partial charge in [-0.15, -0.1) is 0 Å². The molecule has 0 spiro atoms. The standard InChI is InChI=1S/C39H44N4O5/c44-39(13-9-30-8-12-34-35-28-40-15-14-36(35)43-37(34)24-30)42-17-19-46-21-23-47-22-20-45-18-16-41-27-31-6-10-32-26-33(48-38(32)25-31)11-7-29-4-2-1-3-5-29/h1-6,8,10,12,14-15,24-26,28,41,43H,7,9,11,13,16-23,27H2,(H,42,44). The number of benzene rings is 3. The van der Waals surface area contributed by atoms with Crippen molar-refractivity contribution >= 4 is 38.7 Å². The molecule has 0 fully saturated rings. The van der Waals surface area contributed by atoms with E-state index in [4.69, 9.17) is 18.6 Å². The van der Waals surface area contributed by atoms with Crippen molar-refractivity contribution in [2.45, 2.75) is 32.2 Å². The molecule has 3 heterocycles. The second kappa shape index (κ2) is 17.6. The summed E-state index contributed by atoms with van der Waals surface area (Å²) in [5.41, 5.74) is 6.70. The van der Waals surface area contributed by atoms with E-state index in [1.54, 1.807) is 6.20 Å². The van der Waals surface area contributed by atoms with E-state index in [9.17, 15) is 4.79 Å². The zero-order chi connectivity index (χ0) is 32.8. The zero-order valence-electron chi connectivity index (χ0n) is 27.3. The summed E-state index contributed by atoms with van der Waals surface area (Å²) in [5, 5.41) is 9.75. The Morgan fingerprint density at radius 2 is 1.50 bits per heavy atom. The smallest absolute Gasteiger partial charge is 0.220 e. The van der Waals surface area contributed by atoms with E-state index in [1.165, 1.54) is 11.1 Å². The summed E-state index contributed by atoms with van der Waals surface area (Å²) in [7, 11) is 0. The number of furan rings is 1. The monoisotopic (exact) mass is 648 g/mol. The molecular formula is C39H44N4O5. The van der Waals surface area contributed by atoms with Gasteiger partial charge in [-0.3, -0.25) is 9.78 Å². The van der Waals surface area contributed by atoms with Crippen LogP contribution in [0.3, 0.4) is 0 Å². The molecule has 250 valence electrons. The van der Waals surface area contributed by atoms with E-state index < -0.39 is 0 Å². The van der Waals surface area contributed by atoms with Crippen molar-refractivity contribution < 1.29 is 23.4 Å². The number of fused-ring (bicyclic) bond motifs is 4. The van der Waals surface area contributed by atoms with Crippen molar-refractivity contribution in [3.8, 4) is 0 Å². The molecule has 0 bridgehead atoms. The quantitative estimate of drug-likeness (QED) is 0.0854. The van der Waals surface area contributed by atoms with Crippen LogP contribution in [-0.4, -0.2) is 68.6 Å². The van der Waals surface area contributed by atoms with Crippen LogP contribution in [0.5, 0.6) is 0 Å². The topological polar surface area (TPSA) is 111 Å². The van der Waals surface area contributed by atoms with E-state index in [0.717, 1.165) is 70.0 Å². The van der Waals surface area contributed by atoms with Crippen molar-refractivity contribution in [3.63, 3.8) is 0 Å². The van der Waals surface area contributed by atoms with Gasteiger partial charge in [-0.05, 0) is 53.8 Å². The SMILES string of the molecule is O=C(CCc1ccc2c(c1)[nH]c1ccncc12)NCCOCCOCCOCCNCc1ccc2cc(CCc3ccccc3)oc2c1. The van der Waals surface area contributed by atoms with E-state index >= 15 is 0 Å². The van der Waals surface area contributed by atoms with Crippen LogP contribution in [0.25, 0.3) is 32.8 Å². The number of hydrogen-bond acceptors (Lipinski definition) is 7. The first-order chi connectivity index (χ1) is 23.7. The third-order valence-electron chi connectivity index (χ3n) is 8.31. The molecule has 0 aliphatic carbocycles. The second-order valence-corrected chi connectivity index (χ2v) is 11.9. The van der Waals surface area contributed by atoms with E-state index in [2.05, 4.69) is 87.3 Å². The average molecular weight is 649 g/mol. The Labute approximate surface area is 281 Å². The highest BCUT2D eigenvalue weighted by molar-refractivity contribution is 6.06. The molecule has 9 nitrogen and oxygen atoms in total. The zero-order valence-corrected chi connectivity index (χ0v) is 27.3. The number of nitrogens with one attached hydrogen (secondary N) is 3. The number of ether oxygens (including phenoxy) is 3. The number of pyridine rings is 1. The summed E-state index contributed by atoms with van der Waals surface area (Å²) >= 11 is 0. The molecule has 0 aliphatic rings. The van der Waals surface area contributed by atoms with Crippen molar-refractivity contribution in [1.82, 2.24) is 20.6 Å².